The molecule has 1 fully saturated rings. The van der Waals surface area contributed by atoms with Crippen LogP contribution in [-0.4, -0.2) is 29.4 Å². The highest BCUT2D eigenvalue weighted by Crippen LogP contribution is 2.36. The number of halogens is 3. The number of nitrogens with one attached hydrogen (secondary N) is 2. The van der Waals surface area contributed by atoms with Crippen molar-refractivity contribution in [3.05, 3.63) is 58.8 Å². The fraction of sp³-hybridized carbons (Fsp3) is 0.364. The van der Waals surface area contributed by atoms with E-state index in [9.17, 15) is 13.2 Å². The lowest BCUT2D eigenvalue weighted by molar-refractivity contribution is -0.138. The van der Waals surface area contributed by atoms with Crippen LogP contribution >= 0.6 is 0 Å². The van der Waals surface area contributed by atoms with Gasteiger partial charge in [0.1, 0.15) is 11.9 Å². The van der Waals surface area contributed by atoms with Crippen molar-refractivity contribution in [3.8, 4) is 5.75 Å². The maximum absolute atomic E-state index is 13.3. The van der Waals surface area contributed by atoms with Gasteiger partial charge in [-0.3, -0.25) is 0 Å². The Morgan fingerprint density at radius 1 is 1.10 bits per heavy atom. The van der Waals surface area contributed by atoms with Crippen LogP contribution in [0, 0.1) is 13.8 Å². The molecule has 4 rings (SSSR count). The third-order valence-corrected chi connectivity index (χ3v) is 5.48. The van der Waals surface area contributed by atoms with Crippen LogP contribution in [0.3, 0.4) is 0 Å². The number of aromatic nitrogens is 2. The maximum Gasteiger partial charge on any atom is 0.416 e. The summed E-state index contributed by atoms with van der Waals surface area (Å²) in [6, 6.07) is 9.58. The quantitative estimate of drug-likeness (QED) is 0.626. The van der Waals surface area contributed by atoms with Crippen LogP contribution in [-0.2, 0) is 6.18 Å². The number of aryl methyl sites for hydroxylation is 1. The van der Waals surface area contributed by atoms with Gasteiger partial charge in [-0.05, 0) is 56.2 Å². The SMILES string of the molecule is Cc1c(C(C)Nc2nnc(C)c3ccc(OC4CNC4)cc23)cccc1C(F)(F)F. The van der Waals surface area contributed by atoms with Crippen molar-refractivity contribution in [2.75, 3.05) is 18.4 Å². The highest BCUT2D eigenvalue weighted by Gasteiger charge is 2.33. The molecule has 8 heteroatoms. The van der Waals surface area contributed by atoms with Gasteiger partial charge in [0.2, 0.25) is 0 Å². The van der Waals surface area contributed by atoms with E-state index in [2.05, 4.69) is 20.8 Å². The number of benzene rings is 2. The molecule has 2 heterocycles. The number of rotatable bonds is 5. The van der Waals surface area contributed by atoms with Crippen LogP contribution in [0.25, 0.3) is 10.8 Å². The summed E-state index contributed by atoms with van der Waals surface area (Å²) in [4.78, 5) is 0. The largest absolute Gasteiger partial charge is 0.488 e. The van der Waals surface area contributed by atoms with E-state index in [0.717, 1.165) is 41.4 Å². The van der Waals surface area contributed by atoms with Crippen molar-refractivity contribution in [1.82, 2.24) is 15.5 Å². The van der Waals surface area contributed by atoms with E-state index in [1.807, 2.05) is 32.0 Å². The first-order valence-corrected chi connectivity index (χ1v) is 9.81. The van der Waals surface area contributed by atoms with Gasteiger partial charge in [-0.2, -0.15) is 18.3 Å². The summed E-state index contributed by atoms with van der Waals surface area (Å²) in [5, 5.41) is 16.6. The van der Waals surface area contributed by atoms with Gasteiger partial charge in [-0.15, -0.1) is 5.10 Å². The number of ether oxygens (including phenoxy) is 1. The van der Waals surface area contributed by atoms with E-state index in [1.165, 1.54) is 13.0 Å². The van der Waals surface area contributed by atoms with Crippen LogP contribution in [0.2, 0.25) is 0 Å². The summed E-state index contributed by atoms with van der Waals surface area (Å²) in [5.74, 6) is 1.24. The Morgan fingerprint density at radius 3 is 2.53 bits per heavy atom. The molecule has 1 saturated heterocycles. The van der Waals surface area contributed by atoms with Crippen LogP contribution < -0.4 is 15.4 Å². The van der Waals surface area contributed by atoms with Crippen molar-refractivity contribution in [2.24, 2.45) is 0 Å². The van der Waals surface area contributed by atoms with Gasteiger partial charge >= 0.3 is 6.18 Å². The monoisotopic (exact) mass is 416 g/mol. The molecule has 5 nitrogen and oxygen atoms in total. The van der Waals surface area contributed by atoms with Crippen molar-refractivity contribution >= 4 is 16.6 Å². The zero-order valence-electron chi connectivity index (χ0n) is 17.0. The van der Waals surface area contributed by atoms with E-state index in [1.54, 1.807) is 6.07 Å². The zero-order valence-corrected chi connectivity index (χ0v) is 17.0. The molecule has 0 spiro atoms. The molecule has 1 atom stereocenters. The second-order valence-corrected chi connectivity index (χ2v) is 7.62. The number of hydrogen-bond acceptors (Lipinski definition) is 5. The van der Waals surface area contributed by atoms with E-state index in [-0.39, 0.29) is 11.7 Å². The molecule has 1 aliphatic heterocycles. The van der Waals surface area contributed by atoms with E-state index in [0.29, 0.717) is 11.4 Å². The van der Waals surface area contributed by atoms with Crippen molar-refractivity contribution < 1.29 is 17.9 Å². The smallest absolute Gasteiger partial charge is 0.416 e. The number of fused-ring (bicyclic) bond motifs is 1. The Labute approximate surface area is 172 Å². The Morgan fingerprint density at radius 2 is 1.87 bits per heavy atom. The fourth-order valence-corrected chi connectivity index (χ4v) is 3.70. The minimum atomic E-state index is -4.39. The van der Waals surface area contributed by atoms with Gasteiger partial charge in [0.15, 0.2) is 5.82 Å². The summed E-state index contributed by atoms with van der Waals surface area (Å²) in [7, 11) is 0. The number of hydrogen-bond donors (Lipinski definition) is 2. The lowest BCUT2D eigenvalue weighted by Crippen LogP contribution is -2.50. The van der Waals surface area contributed by atoms with Gasteiger partial charge in [0, 0.05) is 23.9 Å². The normalized spacial score (nSPS) is 15.7. The molecule has 2 aromatic carbocycles. The fourth-order valence-electron chi connectivity index (χ4n) is 3.70. The number of alkyl halides is 3. The summed E-state index contributed by atoms with van der Waals surface area (Å²) < 4.78 is 45.8. The Balaban J connectivity index is 1.68. The Hall–Kier alpha value is -2.87. The topological polar surface area (TPSA) is 59.1 Å². The molecule has 0 amide bonds. The highest BCUT2D eigenvalue weighted by atomic mass is 19.4. The summed E-state index contributed by atoms with van der Waals surface area (Å²) in [6.45, 7) is 6.80. The van der Waals surface area contributed by atoms with Crippen LogP contribution in [0.5, 0.6) is 5.75 Å². The molecular formula is C22H23F3N4O. The first-order valence-electron chi connectivity index (χ1n) is 9.81. The number of anilines is 1. The second-order valence-electron chi connectivity index (χ2n) is 7.62. The van der Waals surface area contributed by atoms with E-state index >= 15 is 0 Å². The number of nitrogens with zero attached hydrogens (tertiary/aromatic N) is 2. The molecular weight excluding hydrogens is 393 g/mol. The predicted octanol–water partition coefficient (Wildman–Crippen LogP) is 4.79. The van der Waals surface area contributed by atoms with Crippen LogP contribution in [0.4, 0.5) is 19.0 Å². The predicted molar refractivity (Wildman–Crippen MR) is 110 cm³/mol. The van der Waals surface area contributed by atoms with Gasteiger partial charge in [0.25, 0.3) is 0 Å². The zero-order chi connectivity index (χ0) is 21.5. The lowest BCUT2D eigenvalue weighted by atomic mass is 9.97. The maximum atomic E-state index is 13.3. The van der Waals surface area contributed by atoms with Crippen LogP contribution in [0.1, 0.15) is 35.3 Å². The third-order valence-electron chi connectivity index (χ3n) is 5.48. The molecule has 1 unspecified atom stereocenters. The standard InChI is InChI=1S/C22H23F3N4O/c1-12-17(5-4-6-20(12)22(23,24)25)13(2)27-21-19-9-15(30-16-10-26-11-16)7-8-18(19)14(3)28-29-21/h4-9,13,16,26H,10-11H2,1-3H3,(H,27,29). The van der Waals surface area contributed by atoms with Gasteiger partial charge in [-0.1, -0.05) is 12.1 Å². The highest BCUT2D eigenvalue weighted by molar-refractivity contribution is 5.94. The second kappa shape index (κ2) is 7.75. The minimum absolute atomic E-state index is 0.140. The lowest BCUT2D eigenvalue weighted by Gasteiger charge is -2.28. The summed E-state index contributed by atoms with van der Waals surface area (Å²) >= 11 is 0. The molecule has 1 aromatic heterocycles. The molecule has 0 saturated carbocycles. The first-order chi connectivity index (χ1) is 14.2. The van der Waals surface area contributed by atoms with Crippen molar-refractivity contribution in [3.63, 3.8) is 0 Å². The van der Waals surface area contributed by atoms with Crippen LogP contribution in [0.15, 0.2) is 36.4 Å². The van der Waals surface area contributed by atoms with Crippen molar-refractivity contribution in [2.45, 2.75) is 39.1 Å². The summed E-state index contributed by atoms with van der Waals surface area (Å²) in [5.41, 5.74) is 0.915. The Bertz CT molecular complexity index is 1080. The van der Waals surface area contributed by atoms with Crippen molar-refractivity contribution in [1.29, 1.82) is 0 Å². The first kappa shape index (κ1) is 20.4. The minimum Gasteiger partial charge on any atom is -0.488 e. The Kier molecular flexibility index (Phi) is 5.27. The van der Waals surface area contributed by atoms with Gasteiger partial charge < -0.3 is 15.4 Å². The van der Waals surface area contributed by atoms with E-state index in [4.69, 9.17) is 4.74 Å². The average Bonchev–Trinajstić information content (AvgIpc) is 2.66. The molecule has 0 bridgehead atoms. The molecule has 1 aliphatic rings. The van der Waals surface area contributed by atoms with Gasteiger partial charge in [0.05, 0.1) is 17.3 Å². The molecule has 2 N–H and O–H groups in total. The van der Waals surface area contributed by atoms with E-state index < -0.39 is 17.8 Å². The van der Waals surface area contributed by atoms with Gasteiger partial charge in [-0.25, -0.2) is 0 Å². The third kappa shape index (κ3) is 3.92. The molecule has 0 aliphatic carbocycles. The molecule has 3 aromatic rings. The molecule has 158 valence electrons. The molecule has 30 heavy (non-hydrogen) atoms. The summed E-state index contributed by atoms with van der Waals surface area (Å²) in [6.07, 6.45) is -4.25. The average molecular weight is 416 g/mol. The molecule has 0 radical (unpaired) electrons.